The fourth-order valence-electron chi connectivity index (χ4n) is 3.56. The lowest BCUT2D eigenvalue weighted by molar-refractivity contribution is -0.384. The molecule has 6 atom stereocenters. The second kappa shape index (κ2) is 4.50. The van der Waals surface area contributed by atoms with Gasteiger partial charge in [0.2, 0.25) is 6.29 Å². The standard InChI is InChI=1S/C15H16O7/c1-19-13-15(18)11(22-12(15)16)14(17)9(21-13)7-20-10(14)8-5-3-2-4-6-8/h2-6,9-11,13,17-18H,7H2,1H3/t9-,10?,11+,13+,14+,15+/m1/s1. The zero-order valence-corrected chi connectivity index (χ0v) is 11.8. The number of ether oxygens (including phenoxy) is 4. The number of carbonyl (C=O) groups is 1. The van der Waals surface area contributed by atoms with E-state index in [2.05, 4.69) is 0 Å². The molecule has 0 bridgehead atoms. The Bertz CT molecular complexity index is 605. The highest BCUT2D eigenvalue weighted by molar-refractivity contribution is 5.87. The summed E-state index contributed by atoms with van der Waals surface area (Å²) in [5.74, 6) is -0.866. The Morgan fingerprint density at radius 3 is 2.64 bits per heavy atom. The number of hydrogen-bond donors (Lipinski definition) is 2. The summed E-state index contributed by atoms with van der Waals surface area (Å²) in [6, 6.07) is 9.07. The van der Waals surface area contributed by atoms with Crippen LogP contribution in [0.3, 0.4) is 0 Å². The van der Waals surface area contributed by atoms with E-state index in [0.29, 0.717) is 0 Å². The normalized spacial score (nSPS) is 46.4. The minimum atomic E-state index is -2.03. The van der Waals surface area contributed by atoms with Crippen LogP contribution in [0.25, 0.3) is 0 Å². The van der Waals surface area contributed by atoms with Gasteiger partial charge in [-0.15, -0.1) is 0 Å². The van der Waals surface area contributed by atoms with Crippen molar-refractivity contribution in [1.82, 2.24) is 0 Å². The van der Waals surface area contributed by atoms with Crippen LogP contribution in [0.15, 0.2) is 30.3 Å². The van der Waals surface area contributed by atoms with E-state index < -0.39 is 41.8 Å². The van der Waals surface area contributed by atoms with Gasteiger partial charge in [0.25, 0.3) is 5.60 Å². The van der Waals surface area contributed by atoms with E-state index in [9.17, 15) is 15.0 Å². The van der Waals surface area contributed by atoms with Gasteiger partial charge in [-0.3, -0.25) is 0 Å². The molecule has 0 aromatic heterocycles. The molecule has 3 aliphatic rings. The maximum absolute atomic E-state index is 11.7. The summed E-state index contributed by atoms with van der Waals surface area (Å²) in [7, 11) is 1.32. The number of methoxy groups -OCH3 is 1. The van der Waals surface area contributed by atoms with Crippen LogP contribution in [0, 0.1) is 0 Å². The number of fused-ring (bicyclic) bond motifs is 3. The van der Waals surface area contributed by atoms with Crippen molar-refractivity contribution in [2.75, 3.05) is 13.7 Å². The maximum Gasteiger partial charge on any atom is 0.348 e. The van der Waals surface area contributed by atoms with Gasteiger partial charge in [0.05, 0.1) is 6.61 Å². The molecule has 4 rings (SSSR count). The minimum Gasteiger partial charge on any atom is -0.453 e. The molecule has 3 aliphatic heterocycles. The number of rotatable bonds is 2. The van der Waals surface area contributed by atoms with Crippen LogP contribution in [0.4, 0.5) is 0 Å². The molecule has 2 N–H and O–H groups in total. The summed E-state index contributed by atoms with van der Waals surface area (Å²) in [5.41, 5.74) is -2.97. The highest BCUT2D eigenvalue weighted by Gasteiger charge is 2.79. The predicted molar refractivity (Wildman–Crippen MR) is 70.6 cm³/mol. The first kappa shape index (κ1) is 14.1. The molecule has 0 radical (unpaired) electrons. The van der Waals surface area contributed by atoms with E-state index in [1.54, 1.807) is 12.1 Å². The van der Waals surface area contributed by atoms with Crippen LogP contribution in [-0.2, 0) is 23.7 Å². The average molecular weight is 308 g/mol. The number of esters is 1. The topological polar surface area (TPSA) is 94.5 Å². The predicted octanol–water partition coefficient (Wildman–Crippen LogP) is -0.483. The lowest BCUT2D eigenvalue weighted by Crippen LogP contribution is -2.82. The van der Waals surface area contributed by atoms with Crippen LogP contribution in [-0.4, -0.2) is 59.6 Å². The second-order valence-corrected chi connectivity index (χ2v) is 5.81. The van der Waals surface area contributed by atoms with Crippen molar-refractivity contribution < 1.29 is 34.0 Å². The summed E-state index contributed by atoms with van der Waals surface area (Å²) in [5, 5.41) is 21.8. The fraction of sp³-hybridized carbons (Fsp3) is 0.533. The van der Waals surface area contributed by atoms with Gasteiger partial charge in [-0.05, 0) is 5.56 Å². The first-order chi connectivity index (χ1) is 10.5. The third-order valence-electron chi connectivity index (χ3n) is 4.69. The Balaban J connectivity index is 1.76. The first-order valence-corrected chi connectivity index (χ1v) is 7.03. The number of aliphatic hydroxyl groups is 2. The molecular formula is C15H16O7. The molecule has 0 saturated carbocycles. The molecule has 3 heterocycles. The van der Waals surface area contributed by atoms with Gasteiger partial charge in [0.15, 0.2) is 11.7 Å². The van der Waals surface area contributed by atoms with E-state index in [0.717, 1.165) is 5.56 Å². The SMILES string of the molecule is CO[C@H]1O[C@@H]2COC(c3ccccc3)[C@]2(O)[C@@H]2OC(=O)[C@]12O. The van der Waals surface area contributed by atoms with Crippen LogP contribution in [0.5, 0.6) is 0 Å². The van der Waals surface area contributed by atoms with Crippen molar-refractivity contribution in [1.29, 1.82) is 0 Å². The molecule has 3 saturated heterocycles. The maximum atomic E-state index is 11.7. The smallest absolute Gasteiger partial charge is 0.348 e. The summed E-state index contributed by atoms with van der Waals surface area (Å²) in [6.07, 6.45) is -3.88. The molecule has 7 heteroatoms. The van der Waals surface area contributed by atoms with Crippen molar-refractivity contribution in [2.24, 2.45) is 0 Å². The van der Waals surface area contributed by atoms with Crippen molar-refractivity contribution in [2.45, 2.75) is 35.8 Å². The molecule has 22 heavy (non-hydrogen) atoms. The lowest BCUT2D eigenvalue weighted by atomic mass is 9.70. The van der Waals surface area contributed by atoms with Crippen LogP contribution in [0.1, 0.15) is 11.7 Å². The Morgan fingerprint density at radius 2 is 2.00 bits per heavy atom. The molecule has 1 aromatic carbocycles. The quantitative estimate of drug-likeness (QED) is 0.712. The van der Waals surface area contributed by atoms with Crippen LogP contribution < -0.4 is 0 Å². The summed E-state index contributed by atoms with van der Waals surface area (Å²) < 4.78 is 21.4. The third kappa shape index (κ3) is 1.50. The van der Waals surface area contributed by atoms with Crippen LogP contribution in [0.2, 0.25) is 0 Å². The van der Waals surface area contributed by atoms with E-state index in [-0.39, 0.29) is 6.61 Å². The van der Waals surface area contributed by atoms with Gasteiger partial charge in [-0.2, -0.15) is 0 Å². The van der Waals surface area contributed by atoms with E-state index in [1.165, 1.54) is 7.11 Å². The van der Waals surface area contributed by atoms with Crippen LogP contribution >= 0.6 is 0 Å². The highest BCUT2D eigenvalue weighted by atomic mass is 16.7. The number of carbonyl (C=O) groups excluding carboxylic acids is 1. The zero-order valence-electron chi connectivity index (χ0n) is 11.8. The van der Waals surface area contributed by atoms with Crippen molar-refractivity contribution in [3.63, 3.8) is 0 Å². The molecule has 7 nitrogen and oxygen atoms in total. The van der Waals surface area contributed by atoms with E-state index in [4.69, 9.17) is 18.9 Å². The van der Waals surface area contributed by atoms with Crippen molar-refractivity contribution >= 4 is 5.97 Å². The van der Waals surface area contributed by atoms with Gasteiger partial charge >= 0.3 is 5.97 Å². The summed E-state index contributed by atoms with van der Waals surface area (Å²) in [6.45, 7) is 0.111. The van der Waals surface area contributed by atoms with Gasteiger partial charge in [-0.1, -0.05) is 30.3 Å². The molecule has 0 amide bonds. The number of hydrogen-bond acceptors (Lipinski definition) is 7. The molecule has 3 fully saturated rings. The Hall–Kier alpha value is -1.51. The Labute approximate surface area is 126 Å². The molecule has 0 spiro atoms. The van der Waals surface area contributed by atoms with Gasteiger partial charge in [-0.25, -0.2) is 4.79 Å². The molecule has 1 aromatic rings. The minimum absolute atomic E-state index is 0.111. The molecule has 1 unspecified atom stereocenters. The summed E-state index contributed by atoms with van der Waals surface area (Å²) >= 11 is 0. The summed E-state index contributed by atoms with van der Waals surface area (Å²) in [4.78, 5) is 11.7. The Morgan fingerprint density at radius 1 is 1.27 bits per heavy atom. The van der Waals surface area contributed by atoms with Gasteiger partial charge in [0, 0.05) is 7.11 Å². The molecule has 0 aliphatic carbocycles. The lowest BCUT2D eigenvalue weighted by Gasteiger charge is -2.57. The van der Waals surface area contributed by atoms with Gasteiger partial charge < -0.3 is 29.2 Å². The number of benzene rings is 1. The van der Waals surface area contributed by atoms with Crippen molar-refractivity contribution in [3.8, 4) is 0 Å². The fourth-order valence-corrected chi connectivity index (χ4v) is 3.56. The second-order valence-electron chi connectivity index (χ2n) is 5.81. The third-order valence-corrected chi connectivity index (χ3v) is 4.69. The monoisotopic (exact) mass is 308 g/mol. The zero-order chi connectivity index (χ0) is 15.5. The Kier molecular flexibility index (Phi) is 2.88. The van der Waals surface area contributed by atoms with E-state index >= 15 is 0 Å². The first-order valence-electron chi connectivity index (χ1n) is 7.03. The molecule has 118 valence electrons. The van der Waals surface area contributed by atoms with E-state index in [1.807, 2.05) is 18.2 Å². The van der Waals surface area contributed by atoms with Gasteiger partial charge in [0.1, 0.15) is 12.2 Å². The average Bonchev–Trinajstić information content (AvgIpc) is 2.87. The largest absolute Gasteiger partial charge is 0.453 e. The molecular weight excluding hydrogens is 292 g/mol. The highest BCUT2D eigenvalue weighted by Crippen LogP contribution is 2.54. The van der Waals surface area contributed by atoms with Crippen molar-refractivity contribution in [3.05, 3.63) is 35.9 Å².